The molecule has 0 amide bonds. The zero-order valence-corrected chi connectivity index (χ0v) is 16.6. The van der Waals surface area contributed by atoms with Gasteiger partial charge in [-0.25, -0.2) is 13.2 Å². The van der Waals surface area contributed by atoms with E-state index in [9.17, 15) is 13.2 Å². The van der Waals surface area contributed by atoms with Crippen molar-refractivity contribution < 1.29 is 13.2 Å². The summed E-state index contributed by atoms with van der Waals surface area (Å²) in [7, 11) is 0. The Bertz CT molecular complexity index is 408. The Morgan fingerprint density at radius 3 is 2.42 bits per heavy atom. The van der Waals surface area contributed by atoms with Crippen LogP contribution in [0.4, 0.5) is 13.2 Å². The van der Waals surface area contributed by atoms with Crippen LogP contribution in [0.2, 0.25) is 0 Å². The summed E-state index contributed by atoms with van der Waals surface area (Å²) >= 11 is 0. The summed E-state index contributed by atoms with van der Waals surface area (Å²) in [4.78, 5) is 4.04. The molecule has 0 aliphatic carbocycles. The van der Waals surface area contributed by atoms with Crippen molar-refractivity contribution in [3.63, 3.8) is 0 Å². The second kappa shape index (κ2) is 10.2. The second-order valence-electron chi connectivity index (χ2n) is 8.47. The Kier molecular flexibility index (Phi) is 8.64. The third-order valence-corrected chi connectivity index (χ3v) is 5.47. The van der Waals surface area contributed by atoms with Gasteiger partial charge in [0.25, 0.3) is 5.92 Å². The molecule has 7 heteroatoms. The van der Waals surface area contributed by atoms with E-state index in [1.54, 1.807) is 0 Å². The largest absolute Gasteiger partial charge is 0.313 e. The SMILES string of the molecule is CC(C)NCCN1CC(C[C@H](C)NCCN2CCCC(F)(F)C2)[C@@H](F)C1. The lowest BCUT2D eigenvalue weighted by Gasteiger charge is -2.32. The first-order valence-electron chi connectivity index (χ1n) is 10.2. The van der Waals surface area contributed by atoms with Crippen LogP contribution in [-0.2, 0) is 0 Å². The average molecular weight is 379 g/mol. The van der Waals surface area contributed by atoms with E-state index >= 15 is 0 Å². The summed E-state index contributed by atoms with van der Waals surface area (Å²) in [6.07, 6.45) is 0.607. The second-order valence-corrected chi connectivity index (χ2v) is 8.47. The van der Waals surface area contributed by atoms with Crippen molar-refractivity contribution in [3.05, 3.63) is 0 Å². The van der Waals surface area contributed by atoms with Gasteiger partial charge in [-0.1, -0.05) is 13.8 Å². The van der Waals surface area contributed by atoms with Crippen molar-refractivity contribution in [1.29, 1.82) is 0 Å². The van der Waals surface area contributed by atoms with E-state index in [-0.39, 0.29) is 24.9 Å². The van der Waals surface area contributed by atoms with Crippen LogP contribution in [0.25, 0.3) is 0 Å². The number of nitrogens with one attached hydrogen (secondary N) is 2. The quantitative estimate of drug-likeness (QED) is 0.611. The monoisotopic (exact) mass is 378 g/mol. The molecule has 0 saturated carbocycles. The van der Waals surface area contributed by atoms with E-state index in [4.69, 9.17) is 0 Å². The highest BCUT2D eigenvalue weighted by Crippen LogP contribution is 2.26. The molecule has 1 unspecified atom stereocenters. The summed E-state index contributed by atoms with van der Waals surface area (Å²) < 4.78 is 41.1. The molecule has 2 aliphatic heterocycles. The minimum absolute atomic E-state index is 0.0100. The maximum absolute atomic E-state index is 14.3. The number of hydrogen-bond acceptors (Lipinski definition) is 4. The van der Waals surface area contributed by atoms with Crippen molar-refractivity contribution in [2.75, 3.05) is 52.4 Å². The number of piperidine rings is 1. The molecule has 0 aromatic heterocycles. The van der Waals surface area contributed by atoms with Crippen LogP contribution >= 0.6 is 0 Å². The third-order valence-electron chi connectivity index (χ3n) is 5.47. The maximum atomic E-state index is 14.3. The number of halogens is 3. The van der Waals surface area contributed by atoms with Crippen molar-refractivity contribution in [3.8, 4) is 0 Å². The molecule has 0 spiro atoms. The molecule has 2 heterocycles. The highest BCUT2D eigenvalue weighted by molar-refractivity contribution is 4.87. The molecule has 154 valence electrons. The van der Waals surface area contributed by atoms with E-state index in [0.717, 1.165) is 32.6 Å². The third kappa shape index (κ3) is 7.71. The molecule has 2 N–H and O–H groups in total. The number of nitrogens with zero attached hydrogens (tertiary/aromatic N) is 2. The standard InChI is InChI=1S/C19H37F3N4/c1-15(2)23-6-10-26-12-17(18(20)13-26)11-16(3)24-7-9-25-8-4-5-19(21,22)14-25/h15-18,23-24H,4-14H2,1-3H3/t16-,17?,18-/m0/s1. The number of rotatable bonds is 10. The van der Waals surface area contributed by atoms with Gasteiger partial charge >= 0.3 is 0 Å². The van der Waals surface area contributed by atoms with E-state index in [0.29, 0.717) is 32.1 Å². The fourth-order valence-electron chi connectivity index (χ4n) is 4.08. The Balaban J connectivity index is 1.60. The van der Waals surface area contributed by atoms with Crippen LogP contribution in [0.3, 0.4) is 0 Å². The highest BCUT2D eigenvalue weighted by atomic mass is 19.3. The molecule has 4 nitrogen and oxygen atoms in total. The molecule has 2 rings (SSSR count). The minimum atomic E-state index is -2.54. The van der Waals surface area contributed by atoms with Gasteiger partial charge in [-0.05, 0) is 26.3 Å². The van der Waals surface area contributed by atoms with E-state index in [2.05, 4.69) is 36.3 Å². The molecule has 2 aliphatic rings. The summed E-state index contributed by atoms with van der Waals surface area (Å²) in [5.74, 6) is -2.47. The van der Waals surface area contributed by atoms with Gasteiger partial charge in [0, 0.05) is 63.7 Å². The molecule has 2 fully saturated rings. The molecular weight excluding hydrogens is 341 g/mol. The topological polar surface area (TPSA) is 30.5 Å². The van der Waals surface area contributed by atoms with E-state index < -0.39 is 12.1 Å². The van der Waals surface area contributed by atoms with Gasteiger partial charge in [0.15, 0.2) is 0 Å². The summed E-state index contributed by atoms with van der Waals surface area (Å²) in [5, 5.41) is 6.77. The first-order chi connectivity index (χ1) is 12.2. The predicted octanol–water partition coefficient (Wildman–Crippen LogP) is 2.35. The molecule has 2 saturated heterocycles. The molecule has 3 atom stereocenters. The van der Waals surface area contributed by atoms with Gasteiger partial charge in [-0.2, -0.15) is 0 Å². The minimum Gasteiger partial charge on any atom is -0.313 e. The zero-order chi connectivity index (χ0) is 19.2. The molecule has 0 radical (unpaired) electrons. The van der Waals surface area contributed by atoms with Gasteiger partial charge in [0.1, 0.15) is 6.17 Å². The van der Waals surface area contributed by atoms with Crippen LogP contribution in [0.5, 0.6) is 0 Å². The van der Waals surface area contributed by atoms with Gasteiger partial charge in [-0.15, -0.1) is 0 Å². The van der Waals surface area contributed by atoms with Crippen molar-refractivity contribution in [1.82, 2.24) is 20.4 Å². The molecule has 0 aromatic rings. The Morgan fingerprint density at radius 2 is 1.73 bits per heavy atom. The molecule has 0 aromatic carbocycles. The van der Waals surface area contributed by atoms with Crippen LogP contribution in [-0.4, -0.2) is 86.3 Å². The lowest BCUT2D eigenvalue weighted by molar-refractivity contribution is -0.0635. The lowest BCUT2D eigenvalue weighted by atomic mass is 9.98. The first-order valence-corrected chi connectivity index (χ1v) is 10.2. The fourth-order valence-corrected chi connectivity index (χ4v) is 4.08. The summed E-state index contributed by atoms with van der Waals surface area (Å²) in [5.41, 5.74) is 0. The summed E-state index contributed by atoms with van der Waals surface area (Å²) in [6.45, 7) is 11.4. The van der Waals surface area contributed by atoms with Crippen LogP contribution in [0, 0.1) is 5.92 Å². The maximum Gasteiger partial charge on any atom is 0.260 e. The average Bonchev–Trinajstić information content (AvgIpc) is 2.86. The molecular formula is C19H37F3N4. The Labute approximate surface area is 156 Å². The van der Waals surface area contributed by atoms with Gasteiger partial charge in [0.2, 0.25) is 0 Å². The normalized spacial score (nSPS) is 28.7. The van der Waals surface area contributed by atoms with E-state index in [1.807, 2.05) is 4.90 Å². The number of likely N-dealkylation sites (tertiary alicyclic amines) is 2. The predicted molar refractivity (Wildman–Crippen MR) is 101 cm³/mol. The van der Waals surface area contributed by atoms with E-state index in [1.165, 1.54) is 0 Å². The van der Waals surface area contributed by atoms with Crippen LogP contribution < -0.4 is 10.6 Å². The number of alkyl halides is 3. The fraction of sp³-hybridized carbons (Fsp3) is 1.00. The van der Waals surface area contributed by atoms with Crippen molar-refractivity contribution in [2.45, 2.75) is 64.2 Å². The lowest BCUT2D eigenvalue weighted by Crippen LogP contribution is -2.46. The summed E-state index contributed by atoms with van der Waals surface area (Å²) in [6, 6.07) is 0.663. The highest BCUT2D eigenvalue weighted by Gasteiger charge is 2.35. The first kappa shape index (κ1) is 21.9. The zero-order valence-electron chi connectivity index (χ0n) is 16.6. The van der Waals surface area contributed by atoms with Gasteiger partial charge in [0.05, 0.1) is 6.54 Å². The Morgan fingerprint density at radius 1 is 1.04 bits per heavy atom. The van der Waals surface area contributed by atoms with Crippen molar-refractivity contribution >= 4 is 0 Å². The van der Waals surface area contributed by atoms with Crippen LogP contribution in [0.1, 0.15) is 40.0 Å². The van der Waals surface area contributed by atoms with Crippen LogP contribution in [0.15, 0.2) is 0 Å². The molecule has 0 bridgehead atoms. The van der Waals surface area contributed by atoms with Gasteiger partial charge in [-0.3, -0.25) is 9.80 Å². The van der Waals surface area contributed by atoms with Crippen molar-refractivity contribution in [2.24, 2.45) is 5.92 Å². The Hall–Kier alpha value is -0.370. The molecule has 26 heavy (non-hydrogen) atoms. The smallest absolute Gasteiger partial charge is 0.260 e. The van der Waals surface area contributed by atoms with Gasteiger partial charge < -0.3 is 10.6 Å². The number of hydrogen-bond donors (Lipinski definition) is 2.